The van der Waals surface area contributed by atoms with Crippen LogP contribution >= 0.6 is 0 Å². The van der Waals surface area contributed by atoms with Gasteiger partial charge in [-0.2, -0.15) is 0 Å². The van der Waals surface area contributed by atoms with Crippen LogP contribution in [0.3, 0.4) is 0 Å². The van der Waals surface area contributed by atoms with Gasteiger partial charge in [0.25, 0.3) is 0 Å². The molecule has 1 unspecified atom stereocenters. The van der Waals surface area contributed by atoms with Gasteiger partial charge in [0.15, 0.2) is 0 Å². The van der Waals surface area contributed by atoms with Gasteiger partial charge in [-0.1, -0.05) is 12.1 Å². The van der Waals surface area contributed by atoms with Gasteiger partial charge in [0.05, 0.1) is 12.8 Å². The molecule has 25 heavy (non-hydrogen) atoms. The second-order valence-corrected chi connectivity index (χ2v) is 7.20. The van der Waals surface area contributed by atoms with E-state index in [-0.39, 0.29) is 0 Å². The van der Waals surface area contributed by atoms with Gasteiger partial charge in [-0.25, -0.2) is 9.97 Å². The number of benzene rings is 1. The first kappa shape index (κ1) is 16.5. The SMILES string of the molecule is COc1ccccc1-c1cc([C@H]2CN3CC[C@H]2C[C@@H]3CN)nc(C)n1. The van der Waals surface area contributed by atoms with E-state index in [1.807, 2.05) is 25.1 Å². The molecule has 5 nitrogen and oxygen atoms in total. The van der Waals surface area contributed by atoms with Crippen molar-refractivity contribution in [1.82, 2.24) is 14.9 Å². The Morgan fingerprint density at radius 2 is 2.12 bits per heavy atom. The Kier molecular flexibility index (Phi) is 4.44. The molecule has 0 spiro atoms. The maximum absolute atomic E-state index is 5.95. The van der Waals surface area contributed by atoms with Gasteiger partial charge in [-0.15, -0.1) is 0 Å². The lowest BCUT2D eigenvalue weighted by Gasteiger charge is -2.49. The zero-order valence-corrected chi connectivity index (χ0v) is 15.0. The summed E-state index contributed by atoms with van der Waals surface area (Å²) in [5, 5.41) is 0. The number of aromatic nitrogens is 2. The van der Waals surface area contributed by atoms with Gasteiger partial charge in [0.2, 0.25) is 0 Å². The summed E-state index contributed by atoms with van der Waals surface area (Å²) in [6.45, 7) is 4.98. The topological polar surface area (TPSA) is 64.3 Å². The molecule has 2 bridgehead atoms. The molecule has 1 aromatic carbocycles. The third kappa shape index (κ3) is 3.02. The minimum absolute atomic E-state index is 0.478. The van der Waals surface area contributed by atoms with Gasteiger partial charge in [0.1, 0.15) is 11.6 Å². The molecule has 0 amide bonds. The number of aryl methyl sites for hydroxylation is 1. The summed E-state index contributed by atoms with van der Waals surface area (Å²) in [5.74, 6) is 2.83. The molecule has 132 valence electrons. The summed E-state index contributed by atoms with van der Waals surface area (Å²) in [6, 6.07) is 10.8. The van der Waals surface area contributed by atoms with Gasteiger partial charge < -0.3 is 10.5 Å². The summed E-state index contributed by atoms with van der Waals surface area (Å²) in [7, 11) is 1.70. The van der Waals surface area contributed by atoms with E-state index in [4.69, 9.17) is 15.5 Å². The highest BCUT2D eigenvalue weighted by Crippen LogP contribution is 2.42. The number of ether oxygens (including phenoxy) is 1. The molecule has 5 rings (SSSR count). The predicted molar refractivity (Wildman–Crippen MR) is 98.6 cm³/mol. The minimum Gasteiger partial charge on any atom is -0.496 e. The Hall–Kier alpha value is -1.98. The van der Waals surface area contributed by atoms with Gasteiger partial charge >= 0.3 is 0 Å². The van der Waals surface area contributed by atoms with E-state index in [1.54, 1.807) is 7.11 Å². The Morgan fingerprint density at radius 1 is 1.28 bits per heavy atom. The van der Waals surface area contributed by atoms with Crippen molar-refractivity contribution >= 4 is 0 Å². The number of rotatable bonds is 4. The Balaban J connectivity index is 1.69. The Morgan fingerprint density at radius 3 is 2.84 bits per heavy atom. The van der Waals surface area contributed by atoms with Crippen molar-refractivity contribution in [2.75, 3.05) is 26.7 Å². The van der Waals surface area contributed by atoms with Gasteiger partial charge in [0, 0.05) is 36.3 Å². The molecule has 3 aliphatic heterocycles. The number of piperidine rings is 3. The van der Waals surface area contributed by atoms with Crippen LogP contribution in [0.4, 0.5) is 0 Å². The van der Waals surface area contributed by atoms with E-state index in [2.05, 4.69) is 22.0 Å². The normalized spacial score (nSPS) is 28.1. The number of methoxy groups -OCH3 is 1. The highest BCUT2D eigenvalue weighted by Gasteiger charge is 2.40. The summed E-state index contributed by atoms with van der Waals surface area (Å²) < 4.78 is 5.52. The second kappa shape index (κ2) is 6.73. The molecule has 2 aromatic rings. The smallest absolute Gasteiger partial charge is 0.128 e. The van der Waals surface area contributed by atoms with Gasteiger partial charge in [-0.3, -0.25) is 4.90 Å². The first-order valence-corrected chi connectivity index (χ1v) is 9.12. The molecule has 3 saturated heterocycles. The van der Waals surface area contributed by atoms with Crippen LogP contribution in [-0.2, 0) is 0 Å². The molecule has 0 radical (unpaired) electrons. The van der Waals surface area contributed by atoms with Crippen LogP contribution in [0.2, 0.25) is 0 Å². The van der Waals surface area contributed by atoms with E-state index in [9.17, 15) is 0 Å². The largest absolute Gasteiger partial charge is 0.496 e. The van der Waals surface area contributed by atoms with Crippen molar-refractivity contribution in [3.63, 3.8) is 0 Å². The number of nitrogens with zero attached hydrogens (tertiary/aromatic N) is 3. The summed E-state index contributed by atoms with van der Waals surface area (Å²) in [4.78, 5) is 12.0. The van der Waals surface area contributed by atoms with Crippen LogP contribution in [0, 0.1) is 12.8 Å². The fourth-order valence-electron chi connectivity index (χ4n) is 4.49. The summed E-state index contributed by atoms with van der Waals surface area (Å²) in [5.41, 5.74) is 9.09. The number of hydrogen-bond donors (Lipinski definition) is 1. The predicted octanol–water partition coefficient (Wildman–Crippen LogP) is 2.60. The first-order chi connectivity index (χ1) is 12.2. The third-order valence-electron chi connectivity index (χ3n) is 5.77. The molecule has 0 saturated carbocycles. The molecule has 1 aromatic heterocycles. The van der Waals surface area contributed by atoms with E-state index in [0.29, 0.717) is 17.9 Å². The quantitative estimate of drug-likeness (QED) is 0.928. The first-order valence-electron chi connectivity index (χ1n) is 9.12. The van der Waals surface area contributed by atoms with Crippen LogP contribution in [0.5, 0.6) is 5.75 Å². The van der Waals surface area contributed by atoms with Crippen LogP contribution < -0.4 is 10.5 Å². The molecular weight excluding hydrogens is 312 g/mol. The highest BCUT2D eigenvalue weighted by molar-refractivity contribution is 5.67. The van der Waals surface area contributed by atoms with Crippen LogP contribution in [0.15, 0.2) is 30.3 Å². The molecule has 2 N–H and O–H groups in total. The summed E-state index contributed by atoms with van der Waals surface area (Å²) in [6.07, 6.45) is 2.43. The molecular formula is C20H26N4O. The van der Waals surface area contributed by atoms with Crippen molar-refractivity contribution < 1.29 is 4.74 Å². The molecule has 3 fully saturated rings. The van der Waals surface area contributed by atoms with Crippen molar-refractivity contribution in [2.45, 2.75) is 31.7 Å². The zero-order chi connectivity index (χ0) is 17.4. The Labute approximate surface area is 149 Å². The Bertz CT molecular complexity index is 763. The standard InChI is InChI=1S/C20H26N4O/c1-13-22-18(16-5-3-4-6-20(16)25-2)10-19(23-13)17-12-24-8-7-14(17)9-15(24)11-21/h3-6,10,14-15,17H,7-9,11-12,21H2,1-2H3/t14-,15+,17-/m0/s1. The fourth-order valence-corrected chi connectivity index (χ4v) is 4.49. The highest BCUT2D eigenvalue weighted by atomic mass is 16.5. The van der Waals surface area contributed by atoms with Gasteiger partial charge in [-0.05, 0) is 50.4 Å². The van der Waals surface area contributed by atoms with Crippen LogP contribution in [0.1, 0.15) is 30.3 Å². The minimum atomic E-state index is 0.478. The van der Waals surface area contributed by atoms with E-state index >= 15 is 0 Å². The zero-order valence-electron chi connectivity index (χ0n) is 15.0. The average Bonchev–Trinajstić information content (AvgIpc) is 2.67. The third-order valence-corrected chi connectivity index (χ3v) is 5.77. The van der Waals surface area contributed by atoms with Crippen LogP contribution in [-0.4, -0.2) is 47.7 Å². The summed E-state index contributed by atoms with van der Waals surface area (Å²) >= 11 is 0. The van der Waals surface area contributed by atoms with E-state index in [1.165, 1.54) is 25.1 Å². The number of hydrogen-bond acceptors (Lipinski definition) is 5. The average molecular weight is 338 g/mol. The van der Waals surface area contributed by atoms with Crippen molar-refractivity contribution in [3.05, 3.63) is 41.9 Å². The van der Waals surface area contributed by atoms with E-state index in [0.717, 1.165) is 35.9 Å². The molecule has 3 aliphatic rings. The molecule has 5 heteroatoms. The molecule has 4 atom stereocenters. The maximum Gasteiger partial charge on any atom is 0.128 e. The number of nitrogens with two attached hydrogens (primary N) is 1. The number of fused-ring (bicyclic) bond motifs is 3. The van der Waals surface area contributed by atoms with Crippen molar-refractivity contribution in [2.24, 2.45) is 11.7 Å². The number of para-hydroxylation sites is 1. The van der Waals surface area contributed by atoms with Crippen molar-refractivity contribution in [1.29, 1.82) is 0 Å². The fraction of sp³-hybridized carbons (Fsp3) is 0.500. The molecule has 0 aliphatic carbocycles. The molecule has 4 heterocycles. The maximum atomic E-state index is 5.95. The second-order valence-electron chi connectivity index (χ2n) is 7.20. The lowest BCUT2D eigenvalue weighted by atomic mass is 9.74. The lowest BCUT2D eigenvalue weighted by Crippen LogP contribution is -2.55. The van der Waals surface area contributed by atoms with E-state index < -0.39 is 0 Å². The van der Waals surface area contributed by atoms with Crippen LogP contribution in [0.25, 0.3) is 11.3 Å². The van der Waals surface area contributed by atoms with Crippen molar-refractivity contribution in [3.8, 4) is 17.0 Å². The monoisotopic (exact) mass is 338 g/mol. The lowest BCUT2D eigenvalue weighted by molar-refractivity contribution is 0.0333.